The number of rotatable bonds is 9. The molecule has 0 saturated carbocycles. The molecule has 1 amide bonds. The largest absolute Gasteiger partial charge is 0.496 e. The third-order valence-corrected chi connectivity index (χ3v) is 4.95. The van der Waals surface area contributed by atoms with Crippen molar-refractivity contribution in [3.63, 3.8) is 0 Å². The molecular weight excluding hydrogens is 414 g/mol. The molecule has 0 saturated heterocycles. The smallest absolute Gasteiger partial charge is 0.331 e. The molecular formula is C28H27NO4. The van der Waals surface area contributed by atoms with Crippen LogP contribution in [-0.4, -0.2) is 25.5 Å². The van der Waals surface area contributed by atoms with E-state index in [-0.39, 0.29) is 12.5 Å². The molecule has 0 bridgehead atoms. The number of nitrogens with one attached hydrogen (secondary N) is 1. The number of para-hydroxylation sites is 1. The fraction of sp³-hybridized carbons (Fsp3) is 0.143. The van der Waals surface area contributed by atoms with Crippen molar-refractivity contribution in [3.05, 3.63) is 113 Å². The zero-order valence-electron chi connectivity index (χ0n) is 18.7. The van der Waals surface area contributed by atoms with Gasteiger partial charge in [0.15, 0.2) is 0 Å². The van der Waals surface area contributed by atoms with E-state index in [0.29, 0.717) is 11.3 Å². The van der Waals surface area contributed by atoms with Crippen molar-refractivity contribution in [2.24, 2.45) is 0 Å². The average Bonchev–Trinajstić information content (AvgIpc) is 2.85. The van der Waals surface area contributed by atoms with Crippen molar-refractivity contribution in [1.29, 1.82) is 0 Å². The number of ether oxygens (including phenoxy) is 2. The van der Waals surface area contributed by atoms with Crippen LogP contribution in [0.15, 0.2) is 91.0 Å². The minimum Gasteiger partial charge on any atom is -0.496 e. The molecule has 5 nitrogen and oxygen atoms in total. The van der Waals surface area contributed by atoms with Gasteiger partial charge in [0.2, 0.25) is 5.91 Å². The fourth-order valence-corrected chi connectivity index (χ4v) is 3.32. The van der Waals surface area contributed by atoms with Crippen LogP contribution in [-0.2, 0) is 14.3 Å². The van der Waals surface area contributed by atoms with Gasteiger partial charge in [-0.25, -0.2) is 4.79 Å². The van der Waals surface area contributed by atoms with Crippen molar-refractivity contribution in [1.82, 2.24) is 5.32 Å². The number of hydrogen-bond acceptors (Lipinski definition) is 4. The molecule has 0 aliphatic heterocycles. The average molecular weight is 442 g/mol. The van der Waals surface area contributed by atoms with Gasteiger partial charge in [-0.1, -0.05) is 78.9 Å². The van der Waals surface area contributed by atoms with Gasteiger partial charge in [-0.2, -0.15) is 0 Å². The predicted molar refractivity (Wildman–Crippen MR) is 131 cm³/mol. The summed E-state index contributed by atoms with van der Waals surface area (Å²) in [5.74, 6) is -0.177. The number of carbonyl (C=O) groups excluding carboxylic acids is 2. The molecule has 0 spiro atoms. The Kier molecular flexibility index (Phi) is 8.60. The normalized spacial score (nSPS) is 11.9. The Labute approximate surface area is 194 Å². The highest BCUT2D eigenvalue weighted by Gasteiger charge is 2.21. The first-order chi connectivity index (χ1) is 16.1. The standard InChI is InChI=1S/C28H27NO4/c1-21-10-9-15-24(28(21)32-2)25(33-27(31)19-17-23-13-7-4-8-14-23)20-29-26(30)18-16-22-11-5-3-6-12-22/h3-19,25H,20H2,1-2H3,(H,29,30)/b18-16+,19-17+/t25-/m0/s1. The number of benzene rings is 3. The summed E-state index contributed by atoms with van der Waals surface area (Å²) < 4.78 is 11.3. The van der Waals surface area contributed by atoms with Crippen LogP contribution in [0.5, 0.6) is 5.75 Å². The van der Waals surface area contributed by atoms with E-state index in [0.717, 1.165) is 16.7 Å². The molecule has 168 valence electrons. The van der Waals surface area contributed by atoms with E-state index in [2.05, 4.69) is 5.32 Å². The lowest BCUT2D eigenvalue weighted by Crippen LogP contribution is -2.29. The summed E-state index contributed by atoms with van der Waals surface area (Å²) >= 11 is 0. The minimum atomic E-state index is -0.721. The van der Waals surface area contributed by atoms with Crippen molar-refractivity contribution in [2.75, 3.05) is 13.7 Å². The minimum absolute atomic E-state index is 0.0999. The van der Waals surface area contributed by atoms with Gasteiger partial charge < -0.3 is 14.8 Å². The fourth-order valence-electron chi connectivity index (χ4n) is 3.32. The molecule has 1 atom stereocenters. The third kappa shape index (κ3) is 7.21. The number of hydrogen-bond donors (Lipinski definition) is 1. The molecule has 3 rings (SSSR count). The van der Waals surface area contributed by atoms with Gasteiger partial charge in [0.25, 0.3) is 0 Å². The highest BCUT2D eigenvalue weighted by Crippen LogP contribution is 2.30. The summed E-state index contributed by atoms with van der Waals surface area (Å²) in [6.07, 6.45) is 5.53. The van der Waals surface area contributed by atoms with Gasteiger partial charge in [-0.05, 0) is 35.8 Å². The second kappa shape index (κ2) is 12.1. The van der Waals surface area contributed by atoms with Crippen LogP contribution in [0.3, 0.4) is 0 Å². The van der Waals surface area contributed by atoms with Gasteiger partial charge in [0.05, 0.1) is 13.7 Å². The van der Waals surface area contributed by atoms with E-state index in [1.54, 1.807) is 19.3 Å². The summed E-state index contributed by atoms with van der Waals surface area (Å²) in [5.41, 5.74) is 3.40. The molecule has 0 aliphatic carbocycles. The van der Waals surface area contributed by atoms with E-state index >= 15 is 0 Å². The first-order valence-corrected chi connectivity index (χ1v) is 10.6. The Hall–Kier alpha value is -4.12. The lowest BCUT2D eigenvalue weighted by atomic mass is 10.0. The third-order valence-electron chi connectivity index (χ3n) is 4.95. The first kappa shape index (κ1) is 23.5. The highest BCUT2D eigenvalue weighted by molar-refractivity contribution is 5.91. The molecule has 3 aromatic rings. The highest BCUT2D eigenvalue weighted by atomic mass is 16.5. The number of methoxy groups -OCH3 is 1. The van der Waals surface area contributed by atoms with Crippen LogP contribution in [0.4, 0.5) is 0 Å². The first-order valence-electron chi connectivity index (χ1n) is 10.6. The Morgan fingerprint density at radius 3 is 2.06 bits per heavy atom. The summed E-state index contributed by atoms with van der Waals surface area (Å²) in [6, 6.07) is 24.6. The zero-order chi connectivity index (χ0) is 23.5. The molecule has 0 aliphatic rings. The van der Waals surface area contributed by atoms with Crippen molar-refractivity contribution < 1.29 is 19.1 Å². The number of carbonyl (C=O) groups is 2. The number of amides is 1. The Morgan fingerprint density at radius 1 is 0.848 bits per heavy atom. The van der Waals surface area contributed by atoms with Gasteiger partial charge >= 0.3 is 5.97 Å². The molecule has 1 N–H and O–H groups in total. The monoisotopic (exact) mass is 441 g/mol. The van der Waals surface area contributed by atoms with E-state index < -0.39 is 12.1 Å². The molecule has 33 heavy (non-hydrogen) atoms. The predicted octanol–water partition coefficient (Wildman–Crippen LogP) is 5.13. The second-order valence-corrected chi connectivity index (χ2v) is 7.36. The van der Waals surface area contributed by atoms with Crippen LogP contribution < -0.4 is 10.1 Å². The van der Waals surface area contributed by atoms with Crippen LogP contribution in [0.1, 0.15) is 28.4 Å². The van der Waals surface area contributed by atoms with Crippen molar-refractivity contribution in [3.8, 4) is 5.75 Å². The van der Waals surface area contributed by atoms with E-state index in [4.69, 9.17) is 9.47 Å². The molecule has 0 fully saturated rings. The van der Waals surface area contributed by atoms with Gasteiger partial charge in [0.1, 0.15) is 11.9 Å². The molecule has 3 aromatic carbocycles. The zero-order valence-corrected chi connectivity index (χ0v) is 18.7. The maximum Gasteiger partial charge on any atom is 0.331 e. The number of aryl methyl sites for hydroxylation is 1. The molecule has 0 aromatic heterocycles. The Bertz CT molecular complexity index is 1120. The van der Waals surface area contributed by atoms with Crippen LogP contribution in [0.2, 0.25) is 0 Å². The van der Waals surface area contributed by atoms with Gasteiger partial charge in [-0.15, -0.1) is 0 Å². The number of esters is 1. The lowest BCUT2D eigenvalue weighted by molar-refractivity contribution is -0.143. The summed E-state index contributed by atoms with van der Waals surface area (Å²) in [5, 5.41) is 2.82. The maximum atomic E-state index is 12.6. The van der Waals surface area contributed by atoms with E-state index in [9.17, 15) is 9.59 Å². The SMILES string of the molecule is COc1c(C)cccc1[C@H](CNC(=O)/C=C/c1ccccc1)OC(=O)/C=C/c1ccccc1. The molecule has 0 unspecified atom stereocenters. The van der Waals surface area contributed by atoms with Gasteiger partial charge in [0, 0.05) is 17.7 Å². The Morgan fingerprint density at radius 2 is 1.45 bits per heavy atom. The van der Waals surface area contributed by atoms with E-state index in [1.165, 1.54) is 12.2 Å². The molecule has 0 radical (unpaired) electrons. The lowest BCUT2D eigenvalue weighted by Gasteiger charge is -2.21. The van der Waals surface area contributed by atoms with Crippen LogP contribution >= 0.6 is 0 Å². The van der Waals surface area contributed by atoms with E-state index in [1.807, 2.05) is 85.8 Å². The van der Waals surface area contributed by atoms with Crippen LogP contribution in [0.25, 0.3) is 12.2 Å². The molecule has 5 heteroatoms. The topological polar surface area (TPSA) is 64.6 Å². The summed E-state index contributed by atoms with van der Waals surface area (Å²) in [4.78, 5) is 24.9. The van der Waals surface area contributed by atoms with Crippen LogP contribution in [0, 0.1) is 6.92 Å². The quantitative estimate of drug-likeness (QED) is 0.369. The molecule has 0 heterocycles. The van der Waals surface area contributed by atoms with Crippen molar-refractivity contribution >= 4 is 24.0 Å². The second-order valence-electron chi connectivity index (χ2n) is 7.36. The maximum absolute atomic E-state index is 12.6. The summed E-state index contributed by atoms with van der Waals surface area (Å²) in [6.45, 7) is 2.01. The van der Waals surface area contributed by atoms with Gasteiger partial charge in [-0.3, -0.25) is 4.79 Å². The Balaban J connectivity index is 1.73. The summed E-state index contributed by atoms with van der Waals surface area (Å²) in [7, 11) is 1.57. The van der Waals surface area contributed by atoms with Crippen molar-refractivity contribution in [2.45, 2.75) is 13.0 Å².